The third-order valence-corrected chi connectivity index (χ3v) is 5.91. The fourth-order valence-electron chi connectivity index (χ4n) is 3.38. The molecule has 7 nitrogen and oxygen atoms in total. The van der Waals surface area contributed by atoms with Gasteiger partial charge in [-0.15, -0.1) is 0 Å². The number of benzene rings is 3. The molecule has 0 aliphatic heterocycles. The van der Waals surface area contributed by atoms with E-state index in [4.69, 9.17) is 21.1 Å². The number of aromatic nitrogens is 2. The summed E-state index contributed by atoms with van der Waals surface area (Å²) in [6.07, 6.45) is 0.679. The fourth-order valence-corrected chi connectivity index (χ4v) is 4.34. The molecule has 0 saturated heterocycles. The summed E-state index contributed by atoms with van der Waals surface area (Å²) in [5, 5.41) is 5.18. The quantitative estimate of drug-likeness (QED) is 0.216. The number of carbonyl (C=O) groups excluding carboxylic acids is 1. The van der Waals surface area contributed by atoms with Crippen molar-refractivity contribution in [2.75, 3.05) is 6.61 Å². The van der Waals surface area contributed by atoms with Gasteiger partial charge in [0, 0.05) is 5.56 Å². The number of fused-ring (bicyclic) bond motifs is 1. The second-order valence-electron chi connectivity index (χ2n) is 7.51. The summed E-state index contributed by atoms with van der Waals surface area (Å²) in [6, 6.07) is 19.9. The van der Waals surface area contributed by atoms with Crippen LogP contribution in [0.25, 0.3) is 22.3 Å². The van der Waals surface area contributed by atoms with E-state index in [-0.39, 0.29) is 17.2 Å². The average Bonchev–Trinajstić information content (AvgIpc) is 2.86. The third kappa shape index (κ3) is 5.44. The minimum atomic E-state index is -0.834. The zero-order chi connectivity index (χ0) is 24.9. The number of para-hydroxylation sites is 1. The molecule has 4 aromatic rings. The van der Waals surface area contributed by atoms with Crippen LogP contribution in [0.4, 0.5) is 0 Å². The highest BCUT2D eigenvalue weighted by molar-refractivity contribution is 9.10. The van der Waals surface area contributed by atoms with E-state index in [0.29, 0.717) is 32.5 Å². The van der Waals surface area contributed by atoms with Gasteiger partial charge in [-0.1, -0.05) is 54.1 Å². The summed E-state index contributed by atoms with van der Waals surface area (Å²) in [5.41, 5.74) is 1.66. The third-order valence-electron chi connectivity index (χ3n) is 5.04. The second kappa shape index (κ2) is 10.8. The maximum atomic E-state index is 13.3. The molecule has 3 aromatic carbocycles. The van der Waals surface area contributed by atoms with Gasteiger partial charge >= 0.3 is 5.97 Å². The molecule has 0 aliphatic rings. The van der Waals surface area contributed by atoms with E-state index in [1.807, 2.05) is 36.4 Å². The molecule has 0 saturated carbocycles. The average molecular weight is 555 g/mol. The van der Waals surface area contributed by atoms with Crippen molar-refractivity contribution >= 4 is 50.6 Å². The van der Waals surface area contributed by atoms with Crippen LogP contribution >= 0.6 is 27.5 Å². The molecule has 0 amide bonds. The molecule has 1 aromatic heterocycles. The van der Waals surface area contributed by atoms with Crippen molar-refractivity contribution in [3.05, 3.63) is 92.1 Å². The minimum absolute atomic E-state index is 0.255. The molecule has 0 aliphatic carbocycles. The fraction of sp³-hybridized carbons (Fsp3) is 0.154. The van der Waals surface area contributed by atoms with Gasteiger partial charge in [-0.25, -0.2) is 9.78 Å². The first-order chi connectivity index (χ1) is 16.9. The van der Waals surface area contributed by atoms with Crippen molar-refractivity contribution in [1.82, 2.24) is 9.66 Å². The lowest BCUT2D eigenvalue weighted by Gasteiger charge is -2.16. The Morgan fingerprint density at radius 2 is 1.89 bits per heavy atom. The molecule has 1 heterocycles. The largest absolute Gasteiger partial charge is 0.476 e. The zero-order valence-electron chi connectivity index (χ0n) is 18.9. The van der Waals surface area contributed by atoms with Crippen LogP contribution in [0.1, 0.15) is 19.4 Å². The van der Waals surface area contributed by atoms with E-state index < -0.39 is 12.1 Å². The van der Waals surface area contributed by atoms with Crippen LogP contribution in [-0.4, -0.2) is 34.6 Å². The topological polar surface area (TPSA) is 82.8 Å². The summed E-state index contributed by atoms with van der Waals surface area (Å²) >= 11 is 9.86. The van der Waals surface area contributed by atoms with Crippen LogP contribution in [0.5, 0.6) is 5.75 Å². The highest BCUT2D eigenvalue weighted by Crippen LogP contribution is 2.35. The Labute approximate surface area is 215 Å². The van der Waals surface area contributed by atoms with Crippen molar-refractivity contribution in [3.8, 4) is 17.1 Å². The molecule has 0 bridgehead atoms. The Morgan fingerprint density at radius 1 is 1.17 bits per heavy atom. The molecular formula is C26H21BrClN3O4. The van der Waals surface area contributed by atoms with E-state index >= 15 is 0 Å². The van der Waals surface area contributed by atoms with Gasteiger partial charge < -0.3 is 9.47 Å². The molecule has 9 heteroatoms. The summed E-state index contributed by atoms with van der Waals surface area (Å²) in [6.45, 7) is 3.56. The standard InChI is InChI=1S/C26H21BrClN3O4/c1-3-34-26(33)16(2)35-23-20(27)13-17(14-21(23)28)15-29-31-24(18-9-5-4-6-10-18)30-22-12-8-7-11-19(22)25(31)32/h4-16H,3H2,1-2H3/t16-/m1/s1. The summed E-state index contributed by atoms with van der Waals surface area (Å²) in [7, 11) is 0. The van der Waals surface area contributed by atoms with Crippen LogP contribution in [-0.2, 0) is 9.53 Å². The number of ether oxygens (including phenoxy) is 2. The van der Waals surface area contributed by atoms with Crippen molar-refractivity contribution in [2.45, 2.75) is 20.0 Å². The lowest BCUT2D eigenvalue weighted by atomic mass is 10.2. The highest BCUT2D eigenvalue weighted by Gasteiger charge is 2.19. The van der Waals surface area contributed by atoms with Gasteiger partial charge in [0.25, 0.3) is 5.56 Å². The van der Waals surface area contributed by atoms with Crippen LogP contribution < -0.4 is 10.3 Å². The van der Waals surface area contributed by atoms with Gasteiger partial charge in [0.1, 0.15) is 0 Å². The predicted octanol–water partition coefficient (Wildman–Crippen LogP) is 5.69. The van der Waals surface area contributed by atoms with Gasteiger partial charge in [-0.05, 0) is 59.6 Å². The lowest BCUT2D eigenvalue weighted by Crippen LogP contribution is -2.26. The summed E-state index contributed by atoms with van der Waals surface area (Å²) in [5.74, 6) is 0.232. The first kappa shape index (κ1) is 24.6. The Morgan fingerprint density at radius 3 is 2.60 bits per heavy atom. The Hall–Kier alpha value is -3.49. The Kier molecular flexibility index (Phi) is 7.63. The second-order valence-corrected chi connectivity index (χ2v) is 8.77. The van der Waals surface area contributed by atoms with E-state index in [0.717, 1.165) is 5.56 Å². The van der Waals surface area contributed by atoms with Crippen LogP contribution in [0.15, 0.2) is 81.1 Å². The SMILES string of the molecule is CCOC(=O)[C@@H](C)Oc1c(Cl)cc(C=Nn2c(-c3ccccc3)nc3ccccc3c2=O)cc1Br. The summed E-state index contributed by atoms with van der Waals surface area (Å²) in [4.78, 5) is 29.9. The first-order valence-corrected chi connectivity index (χ1v) is 12.0. The van der Waals surface area contributed by atoms with Gasteiger partial charge in [0.2, 0.25) is 0 Å². The maximum Gasteiger partial charge on any atom is 0.347 e. The number of hydrogen-bond acceptors (Lipinski definition) is 6. The van der Waals surface area contributed by atoms with Crippen molar-refractivity contribution < 1.29 is 14.3 Å². The van der Waals surface area contributed by atoms with Gasteiger partial charge in [0.15, 0.2) is 17.7 Å². The number of esters is 1. The molecule has 178 valence electrons. The number of nitrogens with zero attached hydrogens (tertiary/aromatic N) is 3. The molecule has 0 radical (unpaired) electrons. The molecule has 0 fully saturated rings. The van der Waals surface area contributed by atoms with E-state index in [1.165, 1.54) is 10.9 Å². The van der Waals surface area contributed by atoms with E-state index in [1.54, 1.807) is 44.2 Å². The van der Waals surface area contributed by atoms with Gasteiger partial charge in [-0.3, -0.25) is 4.79 Å². The molecule has 1 atom stereocenters. The predicted molar refractivity (Wildman–Crippen MR) is 140 cm³/mol. The normalized spacial score (nSPS) is 12.1. The van der Waals surface area contributed by atoms with Crippen molar-refractivity contribution in [2.24, 2.45) is 5.10 Å². The monoisotopic (exact) mass is 553 g/mol. The van der Waals surface area contributed by atoms with Crippen LogP contribution in [0.3, 0.4) is 0 Å². The highest BCUT2D eigenvalue weighted by atomic mass is 79.9. The van der Waals surface area contributed by atoms with E-state index in [2.05, 4.69) is 26.0 Å². The molecule has 0 unspecified atom stereocenters. The van der Waals surface area contributed by atoms with Crippen LogP contribution in [0.2, 0.25) is 5.02 Å². The first-order valence-electron chi connectivity index (χ1n) is 10.8. The van der Waals surface area contributed by atoms with Crippen LogP contribution in [0, 0.1) is 0 Å². The lowest BCUT2D eigenvalue weighted by molar-refractivity contribution is -0.150. The molecule has 4 rings (SSSR count). The molecular weight excluding hydrogens is 534 g/mol. The number of carbonyl (C=O) groups is 1. The molecule has 0 spiro atoms. The Bertz CT molecular complexity index is 1450. The van der Waals surface area contributed by atoms with Crippen molar-refractivity contribution in [1.29, 1.82) is 0 Å². The minimum Gasteiger partial charge on any atom is -0.476 e. The Balaban J connectivity index is 1.73. The molecule has 35 heavy (non-hydrogen) atoms. The van der Waals surface area contributed by atoms with Gasteiger partial charge in [-0.2, -0.15) is 9.78 Å². The smallest absolute Gasteiger partial charge is 0.347 e. The van der Waals surface area contributed by atoms with Gasteiger partial charge in [0.05, 0.1) is 33.2 Å². The van der Waals surface area contributed by atoms with E-state index in [9.17, 15) is 9.59 Å². The van der Waals surface area contributed by atoms with Crippen molar-refractivity contribution in [3.63, 3.8) is 0 Å². The number of hydrogen-bond donors (Lipinski definition) is 0. The molecule has 0 N–H and O–H groups in total. The summed E-state index contributed by atoms with van der Waals surface area (Å²) < 4.78 is 12.5. The maximum absolute atomic E-state index is 13.3. The zero-order valence-corrected chi connectivity index (χ0v) is 21.3. The number of halogens is 2. The number of rotatable bonds is 7.